The Balaban J connectivity index is 0.00000220. The normalized spacial score (nSPS) is 17.9. The molecule has 3 N–H and O–H groups in total. The SMILES string of the molecule is CC(N)C(C)C(=O)Nc1ccc(SC2CCCC2)cc1.Cl. The van der Waals surface area contributed by atoms with Gasteiger partial charge in [-0.05, 0) is 44.0 Å². The van der Waals surface area contributed by atoms with Crippen molar-refractivity contribution >= 4 is 35.8 Å². The summed E-state index contributed by atoms with van der Waals surface area (Å²) in [6.45, 7) is 3.70. The summed E-state index contributed by atoms with van der Waals surface area (Å²) in [4.78, 5) is 13.2. The first-order valence-electron chi connectivity index (χ1n) is 7.39. The van der Waals surface area contributed by atoms with E-state index >= 15 is 0 Å². The number of anilines is 1. The van der Waals surface area contributed by atoms with Gasteiger partial charge in [-0.1, -0.05) is 19.8 Å². The van der Waals surface area contributed by atoms with E-state index in [1.807, 2.05) is 37.7 Å². The van der Waals surface area contributed by atoms with Gasteiger partial charge in [-0.25, -0.2) is 0 Å². The molecule has 1 aromatic carbocycles. The molecule has 0 aliphatic heterocycles. The maximum Gasteiger partial charge on any atom is 0.228 e. The van der Waals surface area contributed by atoms with E-state index in [1.54, 1.807) is 0 Å². The number of benzene rings is 1. The predicted octanol–water partition coefficient (Wildman–Crippen LogP) is 4.06. The zero-order valence-corrected chi connectivity index (χ0v) is 14.3. The standard InChI is InChI=1S/C16H24N2OS.ClH/c1-11(12(2)17)16(19)18-13-7-9-15(10-8-13)20-14-5-3-4-6-14;/h7-12,14H,3-6,17H2,1-2H3,(H,18,19);1H. The van der Waals surface area contributed by atoms with Crippen molar-refractivity contribution in [3.63, 3.8) is 0 Å². The molecule has 1 fully saturated rings. The summed E-state index contributed by atoms with van der Waals surface area (Å²) >= 11 is 1.96. The molecule has 1 aliphatic carbocycles. The molecule has 0 saturated heterocycles. The Bertz CT molecular complexity index is 444. The quantitative estimate of drug-likeness (QED) is 0.856. The number of nitrogens with one attached hydrogen (secondary N) is 1. The first kappa shape index (κ1) is 18.3. The van der Waals surface area contributed by atoms with Gasteiger partial charge in [0.05, 0.1) is 5.92 Å². The second kappa shape index (κ2) is 8.66. The van der Waals surface area contributed by atoms with Gasteiger partial charge in [0, 0.05) is 21.9 Å². The van der Waals surface area contributed by atoms with E-state index in [0.29, 0.717) is 0 Å². The Morgan fingerprint density at radius 3 is 2.33 bits per heavy atom. The van der Waals surface area contributed by atoms with Crippen molar-refractivity contribution in [3.8, 4) is 0 Å². The minimum Gasteiger partial charge on any atom is -0.327 e. The number of hydrogen-bond acceptors (Lipinski definition) is 3. The molecule has 3 nitrogen and oxygen atoms in total. The first-order valence-corrected chi connectivity index (χ1v) is 8.27. The molecule has 0 aromatic heterocycles. The molecule has 0 spiro atoms. The number of amides is 1. The third kappa shape index (κ3) is 5.53. The van der Waals surface area contributed by atoms with E-state index in [2.05, 4.69) is 17.4 Å². The summed E-state index contributed by atoms with van der Waals surface area (Å²) in [7, 11) is 0. The second-order valence-electron chi connectivity index (χ2n) is 5.69. The van der Waals surface area contributed by atoms with Gasteiger partial charge in [-0.15, -0.1) is 24.2 Å². The number of rotatable bonds is 5. The molecule has 1 aromatic rings. The molecule has 0 heterocycles. The van der Waals surface area contributed by atoms with E-state index < -0.39 is 0 Å². The van der Waals surface area contributed by atoms with Crippen LogP contribution >= 0.6 is 24.2 Å². The van der Waals surface area contributed by atoms with Crippen molar-refractivity contribution in [2.24, 2.45) is 11.7 Å². The van der Waals surface area contributed by atoms with Gasteiger partial charge in [0.15, 0.2) is 0 Å². The van der Waals surface area contributed by atoms with Crippen LogP contribution in [0.25, 0.3) is 0 Å². The zero-order valence-electron chi connectivity index (χ0n) is 12.7. The molecule has 2 rings (SSSR count). The minimum absolute atomic E-state index is 0. The second-order valence-corrected chi connectivity index (χ2v) is 7.06. The fraction of sp³-hybridized carbons (Fsp3) is 0.562. The van der Waals surface area contributed by atoms with E-state index in [1.165, 1.54) is 30.6 Å². The first-order chi connectivity index (χ1) is 9.56. The van der Waals surface area contributed by atoms with Crippen LogP contribution in [0.2, 0.25) is 0 Å². The van der Waals surface area contributed by atoms with Crippen LogP contribution in [0.5, 0.6) is 0 Å². The van der Waals surface area contributed by atoms with Gasteiger partial charge in [0.25, 0.3) is 0 Å². The Hall–Kier alpha value is -0.710. The summed E-state index contributed by atoms with van der Waals surface area (Å²) in [5.74, 6) is -0.196. The van der Waals surface area contributed by atoms with Crippen molar-refractivity contribution < 1.29 is 4.79 Å². The summed E-state index contributed by atoms with van der Waals surface area (Å²) in [5.41, 5.74) is 6.59. The predicted molar refractivity (Wildman–Crippen MR) is 93.2 cm³/mol. The average molecular weight is 329 g/mol. The molecule has 2 atom stereocenters. The lowest BCUT2D eigenvalue weighted by Crippen LogP contribution is -2.34. The largest absolute Gasteiger partial charge is 0.327 e. The zero-order chi connectivity index (χ0) is 14.5. The monoisotopic (exact) mass is 328 g/mol. The summed E-state index contributed by atoms with van der Waals surface area (Å²) < 4.78 is 0. The van der Waals surface area contributed by atoms with Crippen LogP contribution in [-0.4, -0.2) is 17.2 Å². The smallest absolute Gasteiger partial charge is 0.228 e. The maximum absolute atomic E-state index is 11.9. The van der Waals surface area contributed by atoms with Crippen LogP contribution in [0.3, 0.4) is 0 Å². The van der Waals surface area contributed by atoms with Crippen molar-refractivity contribution in [3.05, 3.63) is 24.3 Å². The molecular weight excluding hydrogens is 304 g/mol. The van der Waals surface area contributed by atoms with Crippen LogP contribution in [-0.2, 0) is 4.79 Å². The number of thioether (sulfide) groups is 1. The fourth-order valence-corrected chi connectivity index (χ4v) is 3.56. The van der Waals surface area contributed by atoms with Crippen LogP contribution in [0.15, 0.2) is 29.2 Å². The lowest BCUT2D eigenvalue weighted by Gasteiger charge is -2.15. The Morgan fingerprint density at radius 1 is 1.24 bits per heavy atom. The molecule has 1 amide bonds. The number of carbonyl (C=O) groups is 1. The summed E-state index contributed by atoms with van der Waals surface area (Å²) in [5, 5.41) is 3.69. The van der Waals surface area contributed by atoms with Crippen LogP contribution in [0.4, 0.5) is 5.69 Å². The highest BCUT2D eigenvalue weighted by molar-refractivity contribution is 8.00. The average Bonchev–Trinajstić information content (AvgIpc) is 2.92. The van der Waals surface area contributed by atoms with E-state index in [-0.39, 0.29) is 30.3 Å². The van der Waals surface area contributed by atoms with Gasteiger partial charge < -0.3 is 11.1 Å². The molecule has 1 saturated carbocycles. The number of hydrogen-bond donors (Lipinski definition) is 2. The topological polar surface area (TPSA) is 55.1 Å². The van der Waals surface area contributed by atoms with Crippen LogP contribution in [0, 0.1) is 5.92 Å². The summed E-state index contributed by atoms with van der Waals surface area (Å²) in [6, 6.07) is 8.00. The highest BCUT2D eigenvalue weighted by Crippen LogP contribution is 2.34. The number of carbonyl (C=O) groups excluding carboxylic acids is 1. The van der Waals surface area contributed by atoms with Crippen molar-refractivity contribution in [1.82, 2.24) is 0 Å². The third-order valence-electron chi connectivity index (χ3n) is 3.93. The van der Waals surface area contributed by atoms with Gasteiger partial charge in [0.1, 0.15) is 0 Å². The Morgan fingerprint density at radius 2 is 1.81 bits per heavy atom. The molecule has 0 bridgehead atoms. The van der Waals surface area contributed by atoms with Crippen molar-refractivity contribution in [1.29, 1.82) is 0 Å². The van der Waals surface area contributed by atoms with Crippen LogP contribution in [0.1, 0.15) is 39.5 Å². The lowest BCUT2D eigenvalue weighted by molar-refractivity contribution is -0.119. The highest BCUT2D eigenvalue weighted by atomic mass is 35.5. The molecule has 0 radical (unpaired) electrons. The number of halogens is 1. The highest BCUT2D eigenvalue weighted by Gasteiger charge is 2.18. The van der Waals surface area contributed by atoms with Crippen molar-refractivity contribution in [2.45, 2.75) is 55.7 Å². The number of nitrogens with two attached hydrogens (primary N) is 1. The van der Waals surface area contributed by atoms with E-state index in [9.17, 15) is 4.79 Å². The van der Waals surface area contributed by atoms with Gasteiger partial charge in [-0.3, -0.25) is 4.79 Å². The van der Waals surface area contributed by atoms with E-state index in [0.717, 1.165) is 10.9 Å². The minimum atomic E-state index is -0.178. The molecule has 118 valence electrons. The van der Waals surface area contributed by atoms with Gasteiger partial charge in [-0.2, -0.15) is 0 Å². The molecule has 2 unspecified atom stereocenters. The van der Waals surface area contributed by atoms with E-state index in [4.69, 9.17) is 5.73 Å². The Labute approximate surface area is 137 Å². The third-order valence-corrected chi connectivity index (χ3v) is 5.28. The molecule has 1 aliphatic rings. The fourth-order valence-electron chi connectivity index (χ4n) is 2.31. The van der Waals surface area contributed by atoms with Crippen molar-refractivity contribution in [2.75, 3.05) is 5.32 Å². The maximum atomic E-state index is 11.9. The molecular formula is C16H25ClN2OS. The lowest BCUT2D eigenvalue weighted by atomic mass is 10.0. The summed E-state index contributed by atoms with van der Waals surface area (Å²) in [6.07, 6.45) is 5.38. The van der Waals surface area contributed by atoms with Crippen LogP contribution < -0.4 is 11.1 Å². The van der Waals surface area contributed by atoms with Gasteiger partial charge >= 0.3 is 0 Å². The molecule has 5 heteroatoms. The Kier molecular flexibility index (Phi) is 7.57. The van der Waals surface area contributed by atoms with Gasteiger partial charge in [0.2, 0.25) is 5.91 Å². The molecule has 21 heavy (non-hydrogen) atoms.